The molecule has 180 valence electrons. The molecule has 0 atom stereocenters. The molecule has 0 fully saturated rings. The van der Waals surface area contributed by atoms with Gasteiger partial charge < -0.3 is 10.6 Å². The molecule has 3 rings (SSSR count). The molecule has 0 aliphatic heterocycles. The van der Waals surface area contributed by atoms with E-state index in [9.17, 15) is 4.39 Å². The van der Waals surface area contributed by atoms with Crippen LogP contribution >= 0.6 is 0 Å². The Kier molecular flexibility index (Phi) is 16.7. The third-order valence-electron chi connectivity index (χ3n) is 4.00. The highest BCUT2D eigenvalue weighted by Crippen LogP contribution is 2.26. The number of aliphatic imine (C=N–C) groups is 2. The van der Waals surface area contributed by atoms with E-state index in [2.05, 4.69) is 77.8 Å². The first-order valence-corrected chi connectivity index (χ1v) is 11.1. The number of halogens is 1. The van der Waals surface area contributed by atoms with Crippen LogP contribution in [-0.4, -0.2) is 26.1 Å². The Labute approximate surface area is 205 Å². The van der Waals surface area contributed by atoms with Crippen molar-refractivity contribution in [1.82, 2.24) is 5.32 Å². The molecule has 0 aliphatic rings. The SMILES string of the molecule is C#CC.C=Nc1ccccc1N=C(CNC)Nc1ccc(F)cc1.CC.Cc1ccc(C)cc1. The van der Waals surface area contributed by atoms with E-state index in [1.807, 2.05) is 45.2 Å². The van der Waals surface area contributed by atoms with Crippen molar-refractivity contribution in [3.63, 3.8) is 0 Å². The second kappa shape index (κ2) is 18.8. The van der Waals surface area contributed by atoms with E-state index in [1.54, 1.807) is 19.1 Å². The Morgan fingerprint density at radius 3 is 1.82 bits per heavy atom. The summed E-state index contributed by atoms with van der Waals surface area (Å²) in [7, 11) is 1.83. The minimum absolute atomic E-state index is 0.270. The van der Waals surface area contributed by atoms with Crippen molar-refractivity contribution in [2.45, 2.75) is 34.6 Å². The van der Waals surface area contributed by atoms with Gasteiger partial charge in [0.2, 0.25) is 0 Å². The van der Waals surface area contributed by atoms with Crippen molar-refractivity contribution in [1.29, 1.82) is 0 Å². The minimum atomic E-state index is -0.270. The van der Waals surface area contributed by atoms with Gasteiger partial charge in [0.05, 0.1) is 17.9 Å². The van der Waals surface area contributed by atoms with Crippen LogP contribution in [0.15, 0.2) is 82.8 Å². The van der Waals surface area contributed by atoms with Crippen molar-refractivity contribution in [3.05, 3.63) is 89.7 Å². The number of hydrogen-bond acceptors (Lipinski definition) is 3. The van der Waals surface area contributed by atoms with E-state index in [0.29, 0.717) is 18.1 Å². The fourth-order valence-electron chi connectivity index (χ4n) is 2.45. The van der Waals surface area contributed by atoms with Gasteiger partial charge in [-0.05, 0) is 70.9 Å². The van der Waals surface area contributed by atoms with Crippen molar-refractivity contribution in [3.8, 4) is 12.3 Å². The topological polar surface area (TPSA) is 48.8 Å². The lowest BCUT2D eigenvalue weighted by Crippen LogP contribution is -2.25. The molecule has 3 aromatic carbocycles. The molecule has 0 aromatic heterocycles. The lowest BCUT2D eigenvalue weighted by Gasteiger charge is -2.10. The van der Waals surface area contributed by atoms with Gasteiger partial charge in [0.15, 0.2) is 0 Å². The maximum atomic E-state index is 12.9. The maximum Gasteiger partial charge on any atom is 0.123 e. The summed E-state index contributed by atoms with van der Waals surface area (Å²) >= 11 is 0. The summed E-state index contributed by atoms with van der Waals surface area (Å²) < 4.78 is 12.9. The van der Waals surface area contributed by atoms with E-state index in [1.165, 1.54) is 23.3 Å². The van der Waals surface area contributed by atoms with Crippen molar-refractivity contribution in [2.24, 2.45) is 9.98 Å². The fourth-order valence-corrected chi connectivity index (χ4v) is 2.45. The van der Waals surface area contributed by atoms with E-state index in [0.717, 1.165) is 11.4 Å². The number of likely N-dealkylation sites (N-methyl/N-ethyl adjacent to an activating group) is 1. The number of nitrogens with one attached hydrogen (secondary N) is 2. The number of rotatable bonds is 5. The zero-order valence-electron chi connectivity index (χ0n) is 21.2. The number of terminal acetylenes is 1. The number of benzene rings is 3. The zero-order chi connectivity index (χ0) is 25.8. The second-order valence-electron chi connectivity index (χ2n) is 6.81. The standard InChI is InChI=1S/C16H17FN4.C8H10.C3H4.C2H6/c1-18-11-16(20-13-9-7-12(17)8-10-13)21-15-6-4-3-5-14(15)19-2;1-7-3-5-8(2)6-4-7;1-3-2;1-2/h3-10,18H,2,11H2,1H3,(H,20,21);3-6H,1-2H3;1H,2H3;1-2H3. The van der Waals surface area contributed by atoms with Crippen LogP contribution in [0.1, 0.15) is 31.9 Å². The monoisotopic (exact) mass is 460 g/mol. The number of amidine groups is 1. The molecule has 2 N–H and O–H groups in total. The van der Waals surface area contributed by atoms with Crippen LogP contribution in [0.2, 0.25) is 0 Å². The van der Waals surface area contributed by atoms with Gasteiger partial charge in [0.1, 0.15) is 11.7 Å². The van der Waals surface area contributed by atoms with Gasteiger partial charge in [-0.2, -0.15) is 0 Å². The first-order valence-electron chi connectivity index (χ1n) is 11.1. The molecular weight excluding hydrogens is 423 g/mol. The average Bonchev–Trinajstić information content (AvgIpc) is 2.85. The number of para-hydroxylation sites is 2. The molecule has 4 nitrogen and oxygen atoms in total. The molecule has 0 amide bonds. The van der Waals surface area contributed by atoms with E-state index >= 15 is 0 Å². The average molecular weight is 461 g/mol. The number of nitrogens with zero attached hydrogens (tertiary/aromatic N) is 2. The van der Waals surface area contributed by atoms with Crippen molar-refractivity contribution < 1.29 is 4.39 Å². The third-order valence-corrected chi connectivity index (χ3v) is 4.00. The Bertz CT molecular complexity index is 996. The molecule has 0 saturated carbocycles. The van der Waals surface area contributed by atoms with Crippen LogP contribution in [0.4, 0.5) is 21.5 Å². The first-order chi connectivity index (χ1) is 16.4. The Balaban J connectivity index is 0.000000692. The smallest absolute Gasteiger partial charge is 0.123 e. The molecule has 0 unspecified atom stereocenters. The van der Waals surface area contributed by atoms with Gasteiger partial charge in [0.25, 0.3) is 0 Å². The predicted octanol–water partition coefficient (Wildman–Crippen LogP) is 7.49. The van der Waals surface area contributed by atoms with Gasteiger partial charge in [-0.3, -0.25) is 4.99 Å². The van der Waals surface area contributed by atoms with Gasteiger partial charge in [0, 0.05) is 5.69 Å². The molecule has 0 bridgehead atoms. The number of anilines is 1. The van der Waals surface area contributed by atoms with E-state index < -0.39 is 0 Å². The summed E-state index contributed by atoms with van der Waals surface area (Å²) in [4.78, 5) is 8.50. The summed E-state index contributed by atoms with van der Waals surface area (Å²) in [5.74, 6) is 2.69. The largest absolute Gasteiger partial charge is 0.343 e. The van der Waals surface area contributed by atoms with Crippen LogP contribution < -0.4 is 10.6 Å². The zero-order valence-corrected chi connectivity index (χ0v) is 21.2. The number of hydrogen-bond donors (Lipinski definition) is 2. The van der Waals surface area contributed by atoms with Gasteiger partial charge in [-0.25, -0.2) is 9.38 Å². The predicted molar refractivity (Wildman–Crippen MR) is 148 cm³/mol. The summed E-state index contributed by atoms with van der Waals surface area (Å²) in [6.45, 7) is 13.9. The third kappa shape index (κ3) is 12.9. The van der Waals surface area contributed by atoms with Crippen LogP contribution in [0, 0.1) is 32.0 Å². The van der Waals surface area contributed by atoms with Crippen molar-refractivity contribution >= 4 is 29.6 Å². The molecule has 0 saturated heterocycles. The molecule has 3 aromatic rings. The molecular formula is C29H37FN4. The van der Waals surface area contributed by atoms with E-state index in [-0.39, 0.29) is 5.82 Å². The Morgan fingerprint density at radius 2 is 1.38 bits per heavy atom. The molecule has 0 spiro atoms. The van der Waals surface area contributed by atoms with Gasteiger partial charge in [-0.1, -0.05) is 61.4 Å². The summed E-state index contributed by atoms with van der Waals surface area (Å²) in [5, 5.41) is 6.21. The highest BCUT2D eigenvalue weighted by atomic mass is 19.1. The summed E-state index contributed by atoms with van der Waals surface area (Å²) in [6.07, 6.45) is 4.60. The van der Waals surface area contributed by atoms with Crippen LogP contribution in [0.3, 0.4) is 0 Å². The Hall–Kier alpha value is -3.75. The summed E-state index contributed by atoms with van der Waals surface area (Å²) in [5.41, 5.74) is 4.88. The highest BCUT2D eigenvalue weighted by Gasteiger charge is 2.03. The van der Waals surface area contributed by atoms with Crippen LogP contribution in [0.5, 0.6) is 0 Å². The quantitative estimate of drug-likeness (QED) is 0.235. The van der Waals surface area contributed by atoms with Crippen LogP contribution in [0.25, 0.3) is 0 Å². The first kappa shape index (κ1) is 30.2. The Morgan fingerprint density at radius 1 is 0.912 bits per heavy atom. The maximum absolute atomic E-state index is 12.9. The fraction of sp³-hybridized carbons (Fsp3) is 0.241. The summed E-state index contributed by atoms with van der Waals surface area (Å²) in [6, 6.07) is 22.1. The minimum Gasteiger partial charge on any atom is -0.343 e. The molecule has 5 heteroatoms. The molecule has 0 heterocycles. The van der Waals surface area contributed by atoms with Gasteiger partial charge >= 0.3 is 0 Å². The van der Waals surface area contributed by atoms with Gasteiger partial charge in [-0.15, -0.1) is 12.3 Å². The highest BCUT2D eigenvalue weighted by molar-refractivity contribution is 5.99. The van der Waals surface area contributed by atoms with Crippen LogP contribution in [-0.2, 0) is 0 Å². The van der Waals surface area contributed by atoms with Crippen molar-refractivity contribution in [2.75, 3.05) is 18.9 Å². The number of aryl methyl sites for hydroxylation is 2. The molecule has 0 aliphatic carbocycles. The molecule has 0 radical (unpaired) electrons. The molecule has 34 heavy (non-hydrogen) atoms. The normalized spacial score (nSPS) is 9.53. The lowest BCUT2D eigenvalue weighted by molar-refractivity contribution is 0.628. The second-order valence-corrected chi connectivity index (χ2v) is 6.81. The lowest BCUT2D eigenvalue weighted by atomic mass is 10.2. The van der Waals surface area contributed by atoms with E-state index in [4.69, 9.17) is 0 Å².